The van der Waals surface area contributed by atoms with Crippen LogP contribution in [0.5, 0.6) is 0 Å². The zero-order chi connectivity index (χ0) is 14.3. The monoisotopic (exact) mass is 274 g/mol. The molecule has 1 aromatic rings. The second-order valence-electron chi connectivity index (χ2n) is 3.73. The largest absolute Gasteiger partial charge is 0.481 e. The summed E-state index contributed by atoms with van der Waals surface area (Å²) in [5, 5.41) is 6.87. The Morgan fingerprint density at radius 3 is 2.44 bits per heavy atom. The van der Waals surface area contributed by atoms with Crippen molar-refractivity contribution in [2.45, 2.75) is 25.6 Å². The molecule has 0 spiro atoms. The Balaban J connectivity index is 0.000000631. The summed E-state index contributed by atoms with van der Waals surface area (Å²) in [4.78, 5) is 13.0. The van der Waals surface area contributed by atoms with Crippen molar-refractivity contribution < 1.29 is 18.3 Å². The summed E-state index contributed by atoms with van der Waals surface area (Å²) in [5.74, 6) is -0.833. The summed E-state index contributed by atoms with van der Waals surface area (Å²) in [7, 11) is -3.08. The SMILES string of the molecule is CC(=O)O.CC(c1cccnc1CN)S(C)(=O)=O. The third-order valence-corrected chi connectivity index (χ3v) is 3.74. The topological polar surface area (TPSA) is 110 Å². The Hall–Kier alpha value is -1.47. The molecule has 18 heavy (non-hydrogen) atoms. The number of carbonyl (C=O) groups is 1. The highest BCUT2D eigenvalue weighted by Gasteiger charge is 2.19. The van der Waals surface area contributed by atoms with E-state index in [1.807, 2.05) is 0 Å². The molecular weight excluding hydrogens is 256 g/mol. The van der Waals surface area contributed by atoms with Crippen molar-refractivity contribution in [2.75, 3.05) is 6.26 Å². The van der Waals surface area contributed by atoms with Gasteiger partial charge in [-0.1, -0.05) is 6.07 Å². The van der Waals surface area contributed by atoms with Gasteiger partial charge in [0, 0.05) is 25.9 Å². The first-order valence-corrected chi connectivity index (χ1v) is 7.17. The average molecular weight is 274 g/mol. The van der Waals surface area contributed by atoms with Crippen LogP contribution in [0.4, 0.5) is 0 Å². The predicted molar refractivity (Wildman–Crippen MR) is 68.7 cm³/mol. The van der Waals surface area contributed by atoms with Gasteiger partial charge in [0.1, 0.15) is 0 Å². The molecule has 1 unspecified atom stereocenters. The van der Waals surface area contributed by atoms with Crippen molar-refractivity contribution in [3.8, 4) is 0 Å². The van der Waals surface area contributed by atoms with Crippen LogP contribution < -0.4 is 5.73 Å². The molecule has 0 aliphatic heterocycles. The number of sulfone groups is 1. The quantitative estimate of drug-likeness (QED) is 0.841. The molecule has 0 aliphatic carbocycles. The lowest BCUT2D eigenvalue weighted by atomic mass is 10.1. The molecule has 0 amide bonds. The molecule has 3 N–H and O–H groups in total. The zero-order valence-corrected chi connectivity index (χ0v) is 11.4. The van der Waals surface area contributed by atoms with E-state index in [0.717, 1.165) is 6.92 Å². The third-order valence-electron chi connectivity index (χ3n) is 2.20. The Labute approximate surface area is 107 Å². The number of carboxylic acid groups (broad SMARTS) is 1. The molecular formula is C11H18N2O4S. The minimum atomic E-state index is -3.08. The van der Waals surface area contributed by atoms with Crippen LogP contribution >= 0.6 is 0 Å². The van der Waals surface area contributed by atoms with Gasteiger partial charge in [0.25, 0.3) is 5.97 Å². The van der Waals surface area contributed by atoms with E-state index < -0.39 is 21.1 Å². The molecule has 0 radical (unpaired) electrons. The molecule has 1 heterocycles. The van der Waals surface area contributed by atoms with Gasteiger partial charge >= 0.3 is 0 Å². The maximum Gasteiger partial charge on any atom is 0.300 e. The number of aliphatic carboxylic acids is 1. The van der Waals surface area contributed by atoms with Gasteiger partial charge in [0.05, 0.1) is 10.9 Å². The highest BCUT2D eigenvalue weighted by molar-refractivity contribution is 7.90. The van der Waals surface area contributed by atoms with Gasteiger partial charge in [-0.3, -0.25) is 9.78 Å². The van der Waals surface area contributed by atoms with Crippen molar-refractivity contribution >= 4 is 15.8 Å². The minimum absolute atomic E-state index is 0.260. The van der Waals surface area contributed by atoms with E-state index in [2.05, 4.69) is 4.98 Å². The number of hydrogen-bond donors (Lipinski definition) is 2. The van der Waals surface area contributed by atoms with Crippen molar-refractivity contribution in [3.63, 3.8) is 0 Å². The van der Waals surface area contributed by atoms with Crippen LogP contribution in [0.2, 0.25) is 0 Å². The van der Waals surface area contributed by atoms with Crippen LogP contribution in [-0.2, 0) is 21.2 Å². The number of carboxylic acids is 1. The molecule has 6 nitrogen and oxygen atoms in total. The molecule has 1 aromatic heterocycles. The second kappa shape index (κ2) is 7.07. The van der Waals surface area contributed by atoms with Crippen molar-refractivity contribution in [3.05, 3.63) is 29.6 Å². The number of pyridine rings is 1. The first-order valence-electron chi connectivity index (χ1n) is 5.22. The molecule has 0 aromatic carbocycles. The Bertz CT molecular complexity index is 496. The Morgan fingerprint density at radius 2 is 2.06 bits per heavy atom. The predicted octanol–water partition coefficient (Wildman–Crippen LogP) is 0.737. The number of hydrogen-bond acceptors (Lipinski definition) is 5. The second-order valence-corrected chi connectivity index (χ2v) is 6.10. The van der Waals surface area contributed by atoms with E-state index in [9.17, 15) is 8.42 Å². The van der Waals surface area contributed by atoms with Gasteiger partial charge in [-0.2, -0.15) is 0 Å². The molecule has 102 valence electrons. The van der Waals surface area contributed by atoms with Crippen molar-refractivity contribution in [1.29, 1.82) is 0 Å². The minimum Gasteiger partial charge on any atom is -0.481 e. The molecule has 0 saturated carbocycles. The first-order chi connectivity index (χ1) is 8.20. The number of nitrogens with zero attached hydrogens (tertiary/aromatic N) is 1. The highest BCUT2D eigenvalue weighted by atomic mass is 32.2. The third kappa shape index (κ3) is 5.74. The van der Waals surface area contributed by atoms with Crippen molar-refractivity contribution in [2.24, 2.45) is 5.73 Å². The van der Waals surface area contributed by atoms with Crippen LogP contribution in [0, 0.1) is 0 Å². The lowest BCUT2D eigenvalue weighted by Crippen LogP contribution is -2.13. The molecule has 0 fully saturated rings. The lowest BCUT2D eigenvalue weighted by Gasteiger charge is -2.12. The van der Waals surface area contributed by atoms with Gasteiger partial charge in [-0.05, 0) is 18.6 Å². The summed E-state index contributed by atoms with van der Waals surface area (Å²) in [6.07, 6.45) is 2.83. The van der Waals surface area contributed by atoms with E-state index in [-0.39, 0.29) is 6.54 Å². The summed E-state index contributed by atoms with van der Waals surface area (Å²) in [5.41, 5.74) is 6.81. The molecule has 7 heteroatoms. The van der Waals surface area contributed by atoms with E-state index in [1.54, 1.807) is 25.3 Å². The highest BCUT2D eigenvalue weighted by Crippen LogP contribution is 2.22. The van der Waals surface area contributed by atoms with Gasteiger partial charge in [0.2, 0.25) is 0 Å². The standard InChI is InChI=1S/C9H14N2O2S.C2H4O2/c1-7(14(2,12)13)8-4-3-5-11-9(8)6-10;1-2(3)4/h3-5,7H,6,10H2,1-2H3;1H3,(H,3,4). The van der Waals surface area contributed by atoms with Gasteiger partial charge in [-0.15, -0.1) is 0 Å². The summed E-state index contributed by atoms with van der Waals surface area (Å²) in [6.45, 7) is 2.99. The van der Waals surface area contributed by atoms with E-state index in [0.29, 0.717) is 11.3 Å². The molecule has 0 bridgehead atoms. The van der Waals surface area contributed by atoms with Crippen LogP contribution in [0.25, 0.3) is 0 Å². The van der Waals surface area contributed by atoms with Gasteiger partial charge < -0.3 is 10.8 Å². The molecule has 0 aliphatic rings. The molecule has 1 atom stereocenters. The van der Waals surface area contributed by atoms with Gasteiger partial charge in [-0.25, -0.2) is 8.42 Å². The first kappa shape index (κ1) is 16.5. The van der Waals surface area contributed by atoms with Crippen LogP contribution in [0.1, 0.15) is 30.4 Å². The average Bonchev–Trinajstić information content (AvgIpc) is 2.26. The normalized spacial score (nSPS) is 12.2. The zero-order valence-electron chi connectivity index (χ0n) is 10.6. The maximum atomic E-state index is 11.3. The number of aromatic nitrogens is 1. The molecule has 0 saturated heterocycles. The van der Waals surface area contributed by atoms with Crippen LogP contribution in [0.3, 0.4) is 0 Å². The summed E-state index contributed by atoms with van der Waals surface area (Å²) in [6, 6.07) is 3.47. The number of rotatable bonds is 3. The fraction of sp³-hybridized carbons (Fsp3) is 0.455. The van der Waals surface area contributed by atoms with E-state index >= 15 is 0 Å². The summed E-state index contributed by atoms with van der Waals surface area (Å²) >= 11 is 0. The van der Waals surface area contributed by atoms with Crippen molar-refractivity contribution in [1.82, 2.24) is 4.98 Å². The smallest absolute Gasteiger partial charge is 0.300 e. The molecule has 1 rings (SSSR count). The van der Waals surface area contributed by atoms with Crippen LogP contribution in [0.15, 0.2) is 18.3 Å². The fourth-order valence-corrected chi connectivity index (χ4v) is 1.90. The lowest BCUT2D eigenvalue weighted by molar-refractivity contribution is -0.134. The van der Waals surface area contributed by atoms with E-state index in [4.69, 9.17) is 15.6 Å². The fourth-order valence-electron chi connectivity index (χ4n) is 1.22. The summed E-state index contributed by atoms with van der Waals surface area (Å²) < 4.78 is 22.7. The number of nitrogens with two attached hydrogens (primary N) is 1. The maximum absolute atomic E-state index is 11.3. The van der Waals surface area contributed by atoms with Gasteiger partial charge in [0.15, 0.2) is 9.84 Å². The van der Waals surface area contributed by atoms with Crippen LogP contribution in [-0.4, -0.2) is 30.7 Å². The Morgan fingerprint density at radius 1 is 1.56 bits per heavy atom. The Kier molecular flexibility index (Phi) is 6.50. The van der Waals surface area contributed by atoms with E-state index in [1.165, 1.54) is 6.26 Å².